The number of rotatable bonds is 3. The molecular formula is C23H23N3O4. The van der Waals surface area contributed by atoms with Gasteiger partial charge in [-0.25, -0.2) is 4.79 Å². The third-order valence-electron chi connectivity index (χ3n) is 6.28. The first-order valence-corrected chi connectivity index (χ1v) is 10.3. The van der Waals surface area contributed by atoms with Crippen LogP contribution in [-0.2, 0) is 9.59 Å². The van der Waals surface area contributed by atoms with Gasteiger partial charge in [0.05, 0.1) is 11.7 Å². The van der Waals surface area contributed by atoms with Gasteiger partial charge in [0, 0.05) is 0 Å². The number of hydrogen-bond acceptors (Lipinski definition) is 4. The standard InChI is InChI=1S/C23H23N3O4/c27-20(14-25-21(28)23(24-22(25)29)12-6-7-13-23)26-17-10-4-5-11-19(17)30-15-18(26)16-8-2-1-3-9-16/h1-5,8-11,18H,6-7,12-15H2,(H,24,29). The van der Waals surface area contributed by atoms with Gasteiger partial charge in [-0.2, -0.15) is 0 Å². The van der Waals surface area contributed by atoms with Crippen molar-refractivity contribution in [3.63, 3.8) is 0 Å². The largest absolute Gasteiger partial charge is 0.489 e. The quantitative estimate of drug-likeness (QED) is 0.797. The Kier molecular flexibility index (Phi) is 4.46. The maximum atomic E-state index is 13.5. The van der Waals surface area contributed by atoms with E-state index < -0.39 is 11.6 Å². The van der Waals surface area contributed by atoms with Crippen LogP contribution in [0.15, 0.2) is 54.6 Å². The maximum absolute atomic E-state index is 13.5. The summed E-state index contributed by atoms with van der Waals surface area (Å²) in [5.74, 6) is 0.0248. The van der Waals surface area contributed by atoms with Crippen LogP contribution in [0.4, 0.5) is 10.5 Å². The molecule has 2 aromatic carbocycles. The topological polar surface area (TPSA) is 79.0 Å². The van der Waals surface area contributed by atoms with Crippen LogP contribution in [0.25, 0.3) is 0 Å². The van der Waals surface area contributed by atoms with Crippen molar-refractivity contribution < 1.29 is 19.1 Å². The number of nitrogens with zero attached hydrogens (tertiary/aromatic N) is 2. The fourth-order valence-electron chi connectivity index (χ4n) is 4.77. The lowest BCUT2D eigenvalue weighted by molar-refractivity contribution is -0.134. The van der Waals surface area contributed by atoms with E-state index in [0.29, 0.717) is 30.9 Å². The van der Waals surface area contributed by atoms with Gasteiger partial charge in [0.25, 0.3) is 5.91 Å². The minimum absolute atomic E-state index is 0.281. The van der Waals surface area contributed by atoms with Gasteiger partial charge >= 0.3 is 6.03 Å². The second-order valence-corrected chi connectivity index (χ2v) is 8.08. The lowest BCUT2D eigenvalue weighted by Gasteiger charge is -2.37. The van der Waals surface area contributed by atoms with E-state index in [0.717, 1.165) is 23.3 Å². The van der Waals surface area contributed by atoms with Crippen molar-refractivity contribution in [2.45, 2.75) is 37.3 Å². The molecule has 30 heavy (non-hydrogen) atoms. The molecule has 0 radical (unpaired) electrons. The van der Waals surface area contributed by atoms with Crippen LogP contribution in [0.5, 0.6) is 5.75 Å². The molecule has 1 N–H and O–H groups in total. The number of carbonyl (C=O) groups excluding carboxylic acids is 3. The number of anilines is 1. The highest BCUT2D eigenvalue weighted by atomic mass is 16.5. The minimum atomic E-state index is -0.820. The van der Waals surface area contributed by atoms with E-state index in [2.05, 4.69) is 5.32 Å². The summed E-state index contributed by atoms with van der Waals surface area (Å²) < 4.78 is 5.91. The number of ether oxygens (including phenoxy) is 1. The molecule has 1 spiro atoms. The first kappa shape index (κ1) is 18.7. The smallest absolute Gasteiger partial charge is 0.325 e. The number of nitrogens with one attached hydrogen (secondary N) is 1. The maximum Gasteiger partial charge on any atom is 0.325 e. The van der Waals surface area contributed by atoms with Crippen LogP contribution in [-0.4, -0.2) is 41.4 Å². The molecule has 2 fully saturated rings. The number of amides is 4. The minimum Gasteiger partial charge on any atom is -0.489 e. The number of imide groups is 1. The van der Waals surface area contributed by atoms with Gasteiger partial charge in [-0.15, -0.1) is 0 Å². The third kappa shape index (κ3) is 2.93. The predicted molar refractivity (Wildman–Crippen MR) is 110 cm³/mol. The van der Waals surface area contributed by atoms with Gasteiger partial charge in [0.1, 0.15) is 24.4 Å². The molecule has 5 rings (SSSR count). The van der Waals surface area contributed by atoms with E-state index in [1.165, 1.54) is 0 Å². The molecule has 2 aromatic rings. The first-order valence-electron chi connectivity index (χ1n) is 10.3. The van der Waals surface area contributed by atoms with Gasteiger partial charge < -0.3 is 10.1 Å². The molecule has 7 nitrogen and oxygen atoms in total. The Hall–Kier alpha value is -3.35. The lowest BCUT2D eigenvalue weighted by atomic mass is 9.98. The number of benzene rings is 2. The zero-order valence-electron chi connectivity index (χ0n) is 16.5. The van der Waals surface area contributed by atoms with E-state index in [1.807, 2.05) is 54.6 Å². The van der Waals surface area contributed by atoms with Gasteiger partial charge in [-0.1, -0.05) is 55.3 Å². The molecule has 4 amide bonds. The van der Waals surface area contributed by atoms with Crippen LogP contribution >= 0.6 is 0 Å². The van der Waals surface area contributed by atoms with E-state index in [9.17, 15) is 14.4 Å². The molecular weight excluding hydrogens is 382 g/mol. The number of carbonyl (C=O) groups is 3. The Morgan fingerprint density at radius 3 is 2.50 bits per heavy atom. The highest BCUT2D eigenvalue weighted by molar-refractivity contribution is 6.11. The summed E-state index contributed by atoms with van der Waals surface area (Å²) in [6, 6.07) is 16.2. The summed E-state index contributed by atoms with van der Waals surface area (Å²) in [6.45, 7) is 0.0148. The van der Waals surface area contributed by atoms with Crippen LogP contribution < -0.4 is 15.0 Å². The molecule has 1 atom stereocenters. The van der Waals surface area contributed by atoms with Crippen molar-refractivity contribution in [1.29, 1.82) is 0 Å². The van der Waals surface area contributed by atoms with Gasteiger partial charge in [0.15, 0.2) is 0 Å². The van der Waals surface area contributed by atoms with Crippen molar-refractivity contribution in [3.8, 4) is 5.75 Å². The summed E-state index contributed by atoms with van der Waals surface area (Å²) in [6.07, 6.45) is 3.08. The molecule has 2 aliphatic heterocycles. The third-order valence-corrected chi connectivity index (χ3v) is 6.28. The number of hydrogen-bond donors (Lipinski definition) is 1. The molecule has 1 aliphatic carbocycles. The van der Waals surface area contributed by atoms with E-state index in [1.54, 1.807) is 4.90 Å². The molecule has 3 aliphatic rings. The Labute approximate surface area is 174 Å². The summed E-state index contributed by atoms with van der Waals surface area (Å²) in [5.41, 5.74) is 0.758. The van der Waals surface area contributed by atoms with Gasteiger partial charge in [-0.3, -0.25) is 19.4 Å². The Bertz CT molecular complexity index is 1000. The number of para-hydroxylation sites is 2. The fraction of sp³-hybridized carbons (Fsp3) is 0.348. The highest BCUT2D eigenvalue weighted by Crippen LogP contribution is 2.40. The molecule has 1 saturated heterocycles. The average molecular weight is 405 g/mol. The SMILES string of the molecule is O=C1NC2(CCCC2)C(=O)N1CC(=O)N1c2ccccc2OCC1c1ccccc1. The van der Waals surface area contributed by atoms with Crippen molar-refractivity contribution >= 4 is 23.5 Å². The normalized spacial score (nSPS) is 22.1. The Morgan fingerprint density at radius 2 is 1.73 bits per heavy atom. The first-order chi connectivity index (χ1) is 14.6. The van der Waals surface area contributed by atoms with E-state index >= 15 is 0 Å². The molecule has 1 saturated carbocycles. The van der Waals surface area contributed by atoms with Crippen LogP contribution in [0.1, 0.15) is 37.3 Å². The predicted octanol–water partition coefficient (Wildman–Crippen LogP) is 3.02. The zero-order chi connectivity index (χ0) is 20.7. The van der Waals surface area contributed by atoms with Crippen molar-refractivity contribution in [2.75, 3.05) is 18.1 Å². The average Bonchev–Trinajstić information content (AvgIpc) is 3.34. The zero-order valence-corrected chi connectivity index (χ0v) is 16.5. The highest BCUT2D eigenvalue weighted by Gasteiger charge is 2.53. The number of fused-ring (bicyclic) bond motifs is 1. The summed E-state index contributed by atoms with van der Waals surface area (Å²) in [5, 5.41) is 2.84. The van der Waals surface area contributed by atoms with Crippen LogP contribution in [0.3, 0.4) is 0 Å². The summed E-state index contributed by atoms with van der Waals surface area (Å²) in [7, 11) is 0. The summed E-state index contributed by atoms with van der Waals surface area (Å²) in [4.78, 5) is 41.8. The lowest BCUT2D eigenvalue weighted by Crippen LogP contribution is -2.48. The second kappa shape index (κ2) is 7.16. The van der Waals surface area contributed by atoms with Crippen molar-refractivity contribution in [1.82, 2.24) is 10.2 Å². The van der Waals surface area contributed by atoms with Crippen molar-refractivity contribution in [3.05, 3.63) is 60.2 Å². The van der Waals surface area contributed by atoms with Crippen LogP contribution in [0.2, 0.25) is 0 Å². The monoisotopic (exact) mass is 405 g/mol. The summed E-state index contributed by atoms with van der Waals surface area (Å²) >= 11 is 0. The molecule has 0 aromatic heterocycles. The molecule has 154 valence electrons. The Morgan fingerprint density at radius 1 is 1.03 bits per heavy atom. The van der Waals surface area contributed by atoms with E-state index in [-0.39, 0.29) is 24.4 Å². The molecule has 0 bridgehead atoms. The van der Waals surface area contributed by atoms with Crippen molar-refractivity contribution in [2.24, 2.45) is 0 Å². The Balaban J connectivity index is 1.46. The number of urea groups is 1. The molecule has 7 heteroatoms. The van der Waals surface area contributed by atoms with Gasteiger partial charge in [-0.05, 0) is 30.5 Å². The fourth-order valence-corrected chi connectivity index (χ4v) is 4.77. The van der Waals surface area contributed by atoms with Crippen LogP contribution in [0, 0.1) is 0 Å². The molecule has 2 heterocycles. The second-order valence-electron chi connectivity index (χ2n) is 8.08. The van der Waals surface area contributed by atoms with E-state index in [4.69, 9.17) is 4.74 Å². The molecule has 1 unspecified atom stereocenters. The van der Waals surface area contributed by atoms with Gasteiger partial charge in [0.2, 0.25) is 5.91 Å².